The number of rotatable bonds is 6. The van der Waals surface area contributed by atoms with Gasteiger partial charge in [-0.05, 0) is 94.2 Å². The first-order valence-corrected chi connectivity index (χ1v) is 17.2. The average Bonchev–Trinajstić information content (AvgIpc) is 3.51. The molecular weight excluding hydrogens is 593 g/mol. The molecule has 8 rings (SSSR count). The SMILES string of the molecule is C=C/C(=C\C)c1ccc2c(ccc3c4ccc(Cc5ccccc5-c5ccccc5)cc4n(-c4ccc5ccccc5c4)c23)c1.CC.CN. The molecule has 7 aromatic carbocycles. The smallest absolute Gasteiger partial charge is 0.0619 e. The van der Waals surface area contributed by atoms with Crippen LogP contribution in [0.3, 0.4) is 0 Å². The van der Waals surface area contributed by atoms with Gasteiger partial charge in [0.05, 0.1) is 11.0 Å². The highest BCUT2D eigenvalue weighted by Gasteiger charge is 2.17. The molecule has 49 heavy (non-hydrogen) atoms. The third kappa shape index (κ3) is 6.32. The number of fused-ring (bicyclic) bond motifs is 6. The number of hydrogen-bond acceptors (Lipinski definition) is 1. The molecule has 8 aromatic rings. The second-order valence-corrected chi connectivity index (χ2v) is 11.8. The highest BCUT2D eigenvalue weighted by atomic mass is 15.0. The Kier molecular flexibility index (Phi) is 10.2. The molecule has 0 bridgehead atoms. The quantitative estimate of drug-likeness (QED) is 0.181. The lowest BCUT2D eigenvalue weighted by Gasteiger charge is -2.13. The fourth-order valence-electron chi connectivity index (χ4n) is 6.95. The molecule has 0 radical (unpaired) electrons. The molecule has 0 aliphatic heterocycles. The lowest BCUT2D eigenvalue weighted by molar-refractivity contribution is 1.17. The van der Waals surface area contributed by atoms with Gasteiger partial charge in [-0.3, -0.25) is 0 Å². The Morgan fingerprint density at radius 1 is 0.633 bits per heavy atom. The minimum Gasteiger partial charge on any atom is -0.333 e. The Bertz CT molecular complexity index is 2430. The van der Waals surface area contributed by atoms with Crippen LogP contribution in [-0.2, 0) is 6.42 Å². The molecular formula is C47H44N2. The van der Waals surface area contributed by atoms with Crippen LogP contribution in [0, 0.1) is 0 Å². The maximum atomic E-state index is 4.50. The van der Waals surface area contributed by atoms with E-state index in [1.165, 1.54) is 83.9 Å². The molecule has 0 aliphatic carbocycles. The maximum Gasteiger partial charge on any atom is 0.0619 e. The van der Waals surface area contributed by atoms with Crippen molar-refractivity contribution >= 4 is 48.9 Å². The summed E-state index contributed by atoms with van der Waals surface area (Å²) >= 11 is 0. The summed E-state index contributed by atoms with van der Waals surface area (Å²) < 4.78 is 2.48. The topological polar surface area (TPSA) is 30.9 Å². The molecule has 0 fully saturated rings. The number of benzene rings is 7. The van der Waals surface area contributed by atoms with Crippen molar-refractivity contribution in [3.63, 3.8) is 0 Å². The number of aromatic nitrogens is 1. The van der Waals surface area contributed by atoms with Crippen molar-refractivity contribution in [2.24, 2.45) is 5.73 Å². The molecule has 1 aromatic heterocycles. The highest BCUT2D eigenvalue weighted by Crippen LogP contribution is 2.39. The number of nitrogens with two attached hydrogens (primary N) is 1. The van der Waals surface area contributed by atoms with Crippen molar-refractivity contribution in [2.45, 2.75) is 27.2 Å². The second-order valence-electron chi connectivity index (χ2n) is 11.8. The molecule has 0 unspecified atom stereocenters. The van der Waals surface area contributed by atoms with Gasteiger partial charge in [0.1, 0.15) is 0 Å². The molecule has 0 spiro atoms. The normalized spacial score (nSPS) is 11.2. The van der Waals surface area contributed by atoms with E-state index >= 15 is 0 Å². The summed E-state index contributed by atoms with van der Waals surface area (Å²) in [5, 5.41) is 7.50. The molecule has 1 heterocycles. The monoisotopic (exact) mass is 636 g/mol. The number of allylic oxidation sites excluding steroid dienone is 3. The van der Waals surface area contributed by atoms with Crippen LogP contribution in [0.5, 0.6) is 0 Å². The fraction of sp³-hybridized carbons (Fsp3) is 0.106. The second kappa shape index (κ2) is 15.0. The van der Waals surface area contributed by atoms with Gasteiger partial charge < -0.3 is 10.3 Å². The van der Waals surface area contributed by atoms with Crippen LogP contribution >= 0.6 is 0 Å². The Balaban J connectivity index is 0.00000101. The molecule has 0 saturated heterocycles. The zero-order valence-electron chi connectivity index (χ0n) is 28.9. The Labute approximate surface area is 290 Å². The van der Waals surface area contributed by atoms with Crippen LogP contribution in [0.25, 0.3) is 65.7 Å². The Morgan fingerprint density at radius 2 is 1.31 bits per heavy atom. The summed E-state index contributed by atoms with van der Waals surface area (Å²) in [5.74, 6) is 0. The van der Waals surface area contributed by atoms with Gasteiger partial charge in [-0.1, -0.05) is 154 Å². The van der Waals surface area contributed by atoms with E-state index < -0.39 is 0 Å². The van der Waals surface area contributed by atoms with Crippen LogP contribution in [-0.4, -0.2) is 11.6 Å². The van der Waals surface area contributed by atoms with E-state index in [2.05, 4.69) is 175 Å². The van der Waals surface area contributed by atoms with Gasteiger partial charge in [0.2, 0.25) is 0 Å². The van der Waals surface area contributed by atoms with E-state index in [-0.39, 0.29) is 0 Å². The zero-order chi connectivity index (χ0) is 34.3. The summed E-state index contributed by atoms with van der Waals surface area (Å²) in [6.45, 7) is 10.1. The van der Waals surface area contributed by atoms with Gasteiger partial charge in [0, 0.05) is 21.8 Å². The van der Waals surface area contributed by atoms with E-state index in [0.29, 0.717) is 0 Å². The largest absolute Gasteiger partial charge is 0.333 e. The van der Waals surface area contributed by atoms with Crippen LogP contribution in [0.2, 0.25) is 0 Å². The third-order valence-electron chi connectivity index (χ3n) is 9.16. The summed E-state index contributed by atoms with van der Waals surface area (Å²) in [6, 6.07) is 53.4. The van der Waals surface area contributed by atoms with Crippen LogP contribution < -0.4 is 5.73 Å². The number of hydrogen-bond donors (Lipinski definition) is 1. The lowest BCUT2D eigenvalue weighted by Crippen LogP contribution is -1.96. The van der Waals surface area contributed by atoms with Gasteiger partial charge in [-0.15, -0.1) is 0 Å². The first kappa shape index (κ1) is 33.2. The lowest BCUT2D eigenvalue weighted by atomic mass is 9.94. The molecule has 0 saturated carbocycles. The van der Waals surface area contributed by atoms with Gasteiger partial charge >= 0.3 is 0 Å². The summed E-state index contributed by atoms with van der Waals surface area (Å²) in [6.07, 6.45) is 4.91. The van der Waals surface area contributed by atoms with Gasteiger partial charge in [0.15, 0.2) is 0 Å². The van der Waals surface area contributed by atoms with Crippen molar-refractivity contribution in [1.29, 1.82) is 0 Å². The van der Waals surface area contributed by atoms with Gasteiger partial charge in [-0.2, -0.15) is 0 Å². The maximum absolute atomic E-state index is 4.50. The van der Waals surface area contributed by atoms with E-state index in [0.717, 1.165) is 12.0 Å². The highest BCUT2D eigenvalue weighted by molar-refractivity contribution is 6.19. The zero-order valence-corrected chi connectivity index (χ0v) is 28.9. The first-order chi connectivity index (χ1) is 24.2. The predicted molar refractivity (Wildman–Crippen MR) is 216 cm³/mol. The molecule has 0 amide bonds. The van der Waals surface area contributed by atoms with Crippen molar-refractivity contribution in [3.8, 4) is 16.8 Å². The fourth-order valence-corrected chi connectivity index (χ4v) is 6.95. The van der Waals surface area contributed by atoms with Crippen molar-refractivity contribution in [3.05, 3.63) is 181 Å². The van der Waals surface area contributed by atoms with Crippen molar-refractivity contribution < 1.29 is 0 Å². The minimum atomic E-state index is 0.859. The van der Waals surface area contributed by atoms with Crippen LogP contribution in [0.15, 0.2) is 164 Å². The molecule has 2 nitrogen and oxygen atoms in total. The Morgan fingerprint density at radius 3 is 2.08 bits per heavy atom. The minimum absolute atomic E-state index is 0.859. The summed E-state index contributed by atoms with van der Waals surface area (Å²) in [7, 11) is 1.50. The molecule has 2 N–H and O–H groups in total. The van der Waals surface area contributed by atoms with E-state index in [9.17, 15) is 0 Å². The van der Waals surface area contributed by atoms with Crippen molar-refractivity contribution in [2.75, 3.05) is 7.05 Å². The summed E-state index contributed by atoms with van der Waals surface area (Å²) in [5.41, 5.74) is 15.6. The molecule has 242 valence electrons. The first-order valence-electron chi connectivity index (χ1n) is 17.2. The van der Waals surface area contributed by atoms with Gasteiger partial charge in [0.25, 0.3) is 0 Å². The van der Waals surface area contributed by atoms with E-state index in [4.69, 9.17) is 0 Å². The van der Waals surface area contributed by atoms with Gasteiger partial charge in [-0.25, -0.2) is 0 Å². The third-order valence-corrected chi connectivity index (χ3v) is 9.16. The van der Waals surface area contributed by atoms with Crippen molar-refractivity contribution in [1.82, 2.24) is 4.57 Å². The molecule has 0 aliphatic rings. The Hall–Kier alpha value is -5.70. The van der Waals surface area contributed by atoms with E-state index in [1.807, 2.05) is 19.9 Å². The predicted octanol–water partition coefficient (Wildman–Crippen LogP) is 12.5. The van der Waals surface area contributed by atoms with Crippen LogP contribution in [0.4, 0.5) is 0 Å². The molecule has 0 atom stereocenters. The summed E-state index contributed by atoms with van der Waals surface area (Å²) in [4.78, 5) is 0. The molecule has 2 heteroatoms. The number of nitrogens with zero attached hydrogens (tertiary/aromatic N) is 1. The average molecular weight is 637 g/mol. The standard InChI is InChI=1S/C44H33N.C2H6.CH5N/c1-3-31(4-2)35-20-24-40-37(28-35)21-25-42-41-23-18-30(26-36-16-10-11-17-39(36)33-13-6-5-7-14-33)27-43(41)45(44(40)42)38-22-19-32-12-8-9-15-34(32)29-38;2*1-2/h3-25,27-29H,1,26H2,2H3;1-2H3;2H2,1H3/b31-4+;;. The van der Waals surface area contributed by atoms with E-state index in [1.54, 1.807) is 0 Å². The van der Waals surface area contributed by atoms with Crippen LogP contribution in [0.1, 0.15) is 37.5 Å².